The van der Waals surface area contributed by atoms with Crippen LogP contribution in [-0.2, 0) is 16.0 Å². The summed E-state index contributed by atoms with van der Waals surface area (Å²) in [7, 11) is 0. The van der Waals surface area contributed by atoms with Gasteiger partial charge in [0, 0.05) is 19.1 Å². The number of phenolic OH excluding ortho intramolecular Hbond substituents is 1. The molecule has 23 heavy (non-hydrogen) atoms. The first-order chi connectivity index (χ1) is 11.2. The van der Waals surface area contributed by atoms with Gasteiger partial charge in [0.05, 0.1) is 13.2 Å². The van der Waals surface area contributed by atoms with Gasteiger partial charge in [0.15, 0.2) is 0 Å². The molecule has 0 spiro atoms. The average Bonchev–Trinajstić information content (AvgIpc) is 3.09. The highest BCUT2D eigenvalue weighted by molar-refractivity contribution is 5.82. The SMILES string of the molecule is O=C(NCCc1cccc(O)c1)C1COCCN1C1CCCC1. The molecule has 126 valence electrons. The number of hydrogen-bond acceptors (Lipinski definition) is 4. The normalized spacial score (nSPS) is 23.0. The van der Waals surface area contributed by atoms with Gasteiger partial charge in [-0.15, -0.1) is 0 Å². The highest BCUT2D eigenvalue weighted by atomic mass is 16.5. The van der Waals surface area contributed by atoms with E-state index in [1.54, 1.807) is 12.1 Å². The summed E-state index contributed by atoms with van der Waals surface area (Å²) in [6.07, 6.45) is 5.67. The molecule has 1 unspecified atom stereocenters. The molecule has 2 N–H and O–H groups in total. The van der Waals surface area contributed by atoms with Gasteiger partial charge in [-0.25, -0.2) is 0 Å². The number of rotatable bonds is 5. The molecule has 0 bridgehead atoms. The zero-order valence-electron chi connectivity index (χ0n) is 13.5. The minimum Gasteiger partial charge on any atom is -0.508 e. The molecule has 5 nitrogen and oxygen atoms in total. The fourth-order valence-corrected chi connectivity index (χ4v) is 3.68. The van der Waals surface area contributed by atoms with Crippen molar-refractivity contribution in [2.24, 2.45) is 0 Å². The lowest BCUT2D eigenvalue weighted by molar-refractivity contribution is -0.134. The summed E-state index contributed by atoms with van der Waals surface area (Å²) in [5, 5.41) is 12.5. The predicted molar refractivity (Wildman–Crippen MR) is 88.4 cm³/mol. The Kier molecular flexibility index (Phi) is 5.51. The van der Waals surface area contributed by atoms with Crippen LogP contribution < -0.4 is 5.32 Å². The van der Waals surface area contributed by atoms with Gasteiger partial charge < -0.3 is 15.2 Å². The standard InChI is InChI=1S/C18H26N2O3/c21-16-7-3-4-14(12-16)8-9-19-18(22)17-13-23-11-10-20(17)15-5-1-2-6-15/h3-4,7,12,15,17,21H,1-2,5-6,8-11,13H2,(H,19,22). The number of amides is 1. The van der Waals surface area contributed by atoms with Crippen molar-refractivity contribution < 1.29 is 14.6 Å². The van der Waals surface area contributed by atoms with Crippen LogP contribution >= 0.6 is 0 Å². The summed E-state index contributed by atoms with van der Waals surface area (Å²) in [5.74, 6) is 0.332. The van der Waals surface area contributed by atoms with E-state index >= 15 is 0 Å². The molecule has 1 saturated heterocycles. The van der Waals surface area contributed by atoms with E-state index in [1.165, 1.54) is 25.7 Å². The molecule has 2 aliphatic rings. The summed E-state index contributed by atoms with van der Waals surface area (Å²) in [6, 6.07) is 7.56. The quantitative estimate of drug-likeness (QED) is 0.867. The smallest absolute Gasteiger partial charge is 0.239 e. The van der Waals surface area contributed by atoms with Gasteiger partial charge in [0.2, 0.25) is 5.91 Å². The Labute approximate surface area is 137 Å². The lowest BCUT2D eigenvalue weighted by Crippen LogP contribution is -2.56. The second-order valence-corrected chi connectivity index (χ2v) is 6.48. The van der Waals surface area contributed by atoms with Crippen molar-refractivity contribution >= 4 is 5.91 Å². The Morgan fingerprint density at radius 2 is 2.17 bits per heavy atom. The van der Waals surface area contributed by atoms with E-state index in [-0.39, 0.29) is 17.7 Å². The first-order valence-electron chi connectivity index (χ1n) is 8.63. The van der Waals surface area contributed by atoms with Crippen LogP contribution in [-0.4, -0.2) is 54.3 Å². The van der Waals surface area contributed by atoms with Gasteiger partial charge in [-0.2, -0.15) is 0 Å². The lowest BCUT2D eigenvalue weighted by atomic mass is 10.1. The van der Waals surface area contributed by atoms with E-state index in [1.807, 2.05) is 12.1 Å². The number of phenols is 1. The van der Waals surface area contributed by atoms with E-state index in [0.717, 1.165) is 25.1 Å². The van der Waals surface area contributed by atoms with E-state index in [2.05, 4.69) is 10.2 Å². The van der Waals surface area contributed by atoms with Crippen molar-refractivity contribution in [3.05, 3.63) is 29.8 Å². The van der Waals surface area contributed by atoms with E-state index < -0.39 is 0 Å². The van der Waals surface area contributed by atoms with Crippen molar-refractivity contribution in [3.63, 3.8) is 0 Å². The minimum atomic E-state index is -0.156. The Hall–Kier alpha value is -1.59. The van der Waals surface area contributed by atoms with E-state index in [9.17, 15) is 9.90 Å². The second-order valence-electron chi connectivity index (χ2n) is 6.48. The molecule has 1 heterocycles. The number of benzene rings is 1. The summed E-state index contributed by atoms with van der Waals surface area (Å²) >= 11 is 0. The monoisotopic (exact) mass is 318 g/mol. The number of carbonyl (C=O) groups excluding carboxylic acids is 1. The van der Waals surface area contributed by atoms with Crippen LogP contribution in [0, 0.1) is 0 Å². The second kappa shape index (κ2) is 7.79. The molecule has 2 fully saturated rings. The highest BCUT2D eigenvalue weighted by Crippen LogP contribution is 2.26. The Bertz CT molecular complexity index is 529. The number of morpholine rings is 1. The summed E-state index contributed by atoms with van der Waals surface area (Å²) in [5.41, 5.74) is 1.03. The van der Waals surface area contributed by atoms with E-state index in [4.69, 9.17) is 4.74 Å². The first-order valence-corrected chi connectivity index (χ1v) is 8.63. The van der Waals surface area contributed by atoms with Gasteiger partial charge >= 0.3 is 0 Å². The van der Waals surface area contributed by atoms with Crippen molar-refractivity contribution in [1.82, 2.24) is 10.2 Å². The van der Waals surface area contributed by atoms with Crippen LogP contribution in [0.4, 0.5) is 0 Å². The maximum Gasteiger partial charge on any atom is 0.239 e. The Morgan fingerprint density at radius 3 is 2.96 bits per heavy atom. The number of nitrogens with zero attached hydrogens (tertiary/aromatic N) is 1. The van der Waals surface area contributed by atoms with Crippen molar-refractivity contribution in [1.29, 1.82) is 0 Å². The Morgan fingerprint density at radius 1 is 1.35 bits per heavy atom. The first kappa shape index (κ1) is 16.3. The molecule has 0 aromatic heterocycles. The minimum absolute atomic E-state index is 0.0664. The number of ether oxygens (including phenoxy) is 1. The zero-order chi connectivity index (χ0) is 16.1. The largest absolute Gasteiger partial charge is 0.508 e. The molecule has 1 amide bonds. The fourth-order valence-electron chi connectivity index (χ4n) is 3.68. The van der Waals surface area contributed by atoms with Crippen LogP contribution in [0.2, 0.25) is 0 Å². The van der Waals surface area contributed by atoms with Gasteiger partial charge in [0.25, 0.3) is 0 Å². The third-order valence-electron chi connectivity index (χ3n) is 4.89. The lowest BCUT2D eigenvalue weighted by Gasteiger charge is -2.38. The molecule has 5 heteroatoms. The van der Waals surface area contributed by atoms with Crippen LogP contribution in [0.1, 0.15) is 31.2 Å². The third-order valence-corrected chi connectivity index (χ3v) is 4.89. The maximum atomic E-state index is 12.5. The molecule has 1 aliphatic heterocycles. The van der Waals surface area contributed by atoms with Crippen LogP contribution in [0.5, 0.6) is 5.75 Å². The van der Waals surface area contributed by atoms with Gasteiger partial charge in [-0.1, -0.05) is 25.0 Å². The topological polar surface area (TPSA) is 61.8 Å². The van der Waals surface area contributed by atoms with Crippen molar-refractivity contribution in [2.75, 3.05) is 26.3 Å². The molecule has 1 aromatic carbocycles. The molecule has 1 aliphatic carbocycles. The number of nitrogens with one attached hydrogen (secondary N) is 1. The van der Waals surface area contributed by atoms with Crippen molar-refractivity contribution in [2.45, 2.75) is 44.2 Å². The molecule has 3 rings (SSSR count). The molecular formula is C18H26N2O3. The van der Waals surface area contributed by atoms with Crippen LogP contribution in [0.15, 0.2) is 24.3 Å². The Balaban J connectivity index is 1.51. The average molecular weight is 318 g/mol. The van der Waals surface area contributed by atoms with Gasteiger partial charge in [0.1, 0.15) is 11.8 Å². The van der Waals surface area contributed by atoms with Gasteiger partial charge in [-0.3, -0.25) is 9.69 Å². The van der Waals surface area contributed by atoms with Crippen LogP contribution in [0.3, 0.4) is 0 Å². The molecule has 1 atom stereocenters. The van der Waals surface area contributed by atoms with Crippen LogP contribution in [0.25, 0.3) is 0 Å². The molecule has 0 radical (unpaired) electrons. The summed E-state index contributed by atoms with van der Waals surface area (Å²) < 4.78 is 5.54. The van der Waals surface area contributed by atoms with Gasteiger partial charge in [-0.05, 0) is 37.0 Å². The molecule has 1 saturated carbocycles. The van der Waals surface area contributed by atoms with E-state index in [0.29, 0.717) is 19.2 Å². The number of carbonyl (C=O) groups is 1. The maximum absolute atomic E-state index is 12.5. The molecule has 1 aromatic rings. The summed E-state index contributed by atoms with van der Waals surface area (Å²) in [4.78, 5) is 14.9. The summed E-state index contributed by atoms with van der Waals surface area (Å²) in [6.45, 7) is 2.66. The number of aromatic hydroxyl groups is 1. The highest BCUT2D eigenvalue weighted by Gasteiger charge is 2.35. The number of hydrogen-bond donors (Lipinski definition) is 2. The molecular weight excluding hydrogens is 292 g/mol. The van der Waals surface area contributed by atoms with Crippen molar-refractivity contribution in [3.8, 4) is 5.75 Å². The zero-order valence-corrected chi connectivity index (χ0v) is 13.5. The third kappa shape index (κ3) is 4.24. The predicted octanol–water partition coefficient (Wildman–Crippen LogP) is 1.69. The fraction of sp³-hybridized carbons (Fsp3) is 0.611.